The Kier molecular flexibility index (Phi) is 6.08. The molecule has 0 nitrogen and oxygen atoms in total. The molecule has 0 spiro atoms. The molecule has 0 fully saturated rings. The molecule has 0 heterocycles. The fraction of sp³-hybridized carbons (Fsp3) is 0.333. The smallest absolute Gasteiger partial charge is 0.0398 e. The van der Waals surface area contributed by atoms with E-state index in [-0.39, 0.29) is 0 Å². The van der Waals surface area contributed by atoms with Crippen LogP contribution in [0.3, 0.4) is 0 Å². The third kappa shape index (κ3) is 5.72. The molecular weight excluding hydrogens is 144 g/mol. The lowest BCUT2D eigenvalue weighted by molar-refractivity contribution is 1.44. The van der Waals surface area contributed by atoms with Crippen molar-refractivity contribution in [3.05, 3.63) is 47.6 Å². The molecule has 0 aliphatic carbocycles. The Hall–Kier alpha value is -1.04. The Morgan fingerprint density at radius 1 is 0.917 bits per heavy atom. The lowest BCUT2D eigenvalue weighted by Crippen LogP contribution is -1.68. The largest absolute Gasteiger partial charge is 0.0877 e. The highest BCUT2D eigenvalue weighted by molar-refractivity contribution is 5.27. The van der Waals surface area contributed by atoms with E-state index in [2.05, 4.69) is 38.2 Å². The van der Waals surface area contributed by atoms with Crippen molar-refractivity contribution in [1.82, 2.24) is 0 Å². The van der Waals surface area contributed by atoms with Crippen molar-refractivity contribution in [2.24, 2.45) is 0 Å². The zero-order valence-corrected chi connectivity index (χ0v) is 8.46. The minimum Gasteiger partial charge on any atom is -0.0877 e. The van der Waals surface area contributed by atoms with E-state index < -0.39 is 0 Å². The van der Waals surface area contributed by atoms with Crippen molar-refractivity contribution in [2.45, 2.75) is 27.7 Å². The van der Waals surface area contributed by atoms with E-state index >= 15 is 0 Å². The molecule has 0 radical (unpaired) electrons. The average molecular weight is 162 g/mol. The molecule has 12 heavy (non-hydrogen) atoms. The van der Waals surface area contributed by atoms with E-state index in [4.69, 9.17) is 0 Å². The van der Waals surface area contributed by atoms with Gasteiger partial charge in [-0.25, -0.2) is 0 Å². The summed E-state index contributed by atoms with van der Waals surface area (Å²) in [5.41, 5.74) is 2.57. The Morgan fingerprint density at radius 3 is 2.00 bits per heavy atom. The number of hydrogen-bond acceptors (Lipinski definition) is 0. The third-order valence-electron chi connectivity index (χ3n) is 1.62. The van der Waals surface area contributed by atoms with Crippen LogP contribution in [0.25, 0.3) is 0 Å². The van der Waals surface area contributed by atoms with Crippen molar-refractivity contribution in [2.75, 3.05) is 0 Å². The summed E-state index contributed by atoms with van der Waals surface area (Å²) < 4.78 is 0. The molecule has 0 aliphatic heterocycles. The number of allylic oxidation sites excluding steroid dienone is 8. The summed E-state index contributed by atoms with van der Waals surface area (Å²) in [6, 6.07) is 0. The first-order valence-corrected chi connectivity index (χ1v) is 4.31. The minimum absolute atomic E-state index is 1.27. The molecule has 0 bridgehead atoms. The molecule has 0 rings (SSSR count). The molecule has 0 saturated carbocycles. The molecule has 66 valence electrons. The summed E-state index contributed by atoms with van der Waals surface area (Å²) in [6.45, 7) is 8.26. The number of rotatable bonds is 3. The van der Waals surface area contributed by atoms with E-state index in [9.17, 15) is 0 Å². The molecule has 0 atom stereocenters. The molecule has 0 saturated heterocycles. The van der Waals surface area contributed by atoms with E-state index in [0.29, 0.717) is 0 Å². The van der Waals surface area contributed by atoms with Gasteiger partial charge in [0, 0.05) is 0 Å². The fourth-order valence-corrected chi connectivity index (χ4v) is 0.663. The fourth-order valence-electron chi connectivity index (χ4n) is 0.663. The van der Waals surface area contributed by atoms with Crippen LogP contribution in [0.1, 0.15) is 27.7 Å². The average Bonchev–Trinajstić information content (AvgIpc) is 2.10. The summed E-state index contributed by atoms with van der Waals surface area (Å²) in [5, 5.41) is 0. The van der Waals surface area contributed by atoms with Gasteiger partial charge in [-0.3, -0.25) is 0 Å². The summed E-state index contributed by atoms with van der Waals surface area (Å²) >= 11 is 0. The zero-order valence-electron chi connectivity index (χ0n) is 8.46. The first kappa shape index (κ1) is 11.0. The second kappa shape index (κ2) is 6.66. The van der Waals surface area contributed by atoms with Crippen molar-refractivity contribution >= 4 is 0 Å². The van der Waals surface area contributed by atoms with Crippen LogP contribution in [-0.2, 0) is 0 Å². The SMILES string of the molecule is C\C=C/C=C(C)\C=C/C(C)=C/C. The van der Waals surface area contributed by atoms with Gasteiger partial charge in [-0.15, -0.1) is 0 Å². The van der Waals surface area contributed by atoms with E-state index in [0.717, 1.165) is 0 Å². The monoisotopic (exact) mass is 162 g/mol. The quantitative estimate of drug-likeness (QED) is 0.549. The first-order valence-electron chi connectivity index (χ1n) is 4.31. The topological polar surface area (TPSA) is 0 Å². The summed E-state index contributed by atoms with van der Waals surface area (Å²) in [7, 11) is 0. The molecule has 0 aromatic heterocycles. The number of hydrogen-bond donors (Lipinski definition) is 0. The summed E-state index contributed by atoms with van der Waals surface area (Å²) in [6.07, 6.45) is 12.5. The highest BCUT2D eigenvalue weighted by Gasteiger charge is 1.79. The van der Waals surface area contributed by atoms with Gasteiger partial charge in [0.25, 0.3) is 0 Å². The van der Waals surface area contributed by atoms with Gasteiger partial charge in [0.1, 0.15) is 0 Å². The van der Waals surface area contributed by atoms with Crippen LogP contribution in [0.15, 0.2) is 47.6 Å². The maximum Gasteiger partial charge on any atom is -0.0398 e. The molecule has 0 amide bonds. The lowest BCUT2D eigenvalue weighted by Gasteiger charge is -1.89. The highest BCUT2D eigenvalue weighted by atomic mass is 13.9. The lowest BCUT2D eigenvalue weighted by atomic mass is 10.2. The summed E-state index contributed by atoms with van der Waals surface area (Å²) in [5.74, 6) is 0. The maximum atomic E-state index is 2.12. The molecular formula is C12H18. The van der Waals surface area contributed by atoms with Gasteiger partial charge in [0.15, 0.2) is 0 Å². The van der Waals surface area contributed by atoms with Crippen LogP contribution in [0.4, 0.5) is 0 Å². The Labute approximate surface area is 76.0 Å². The standard InChI is InChI=1S/C12H18/c1-5-7-8-12(4)10-9-11(3)6-2/h5-10H,1-4H3/b7-5-,10-9-,11-6+,12-8-. The van der Waals surface area contributed by atoms with Gasteiger partial charge < -0.3 is 0 Å². The second-order valence-corrected chi connectivity index (χ2v) is 2.80. The molecule has 0 N–H and O–H groups in total. The van der Waals surface area contributed by atoms with Gasteiger partial charge >= 0.3 is 0 Å². The van der Waals surface area contributed by atoms with Crippen molar-refractivity contribution in [3.8, 4) is 0 Å². The van der Waals surface area contributed by atoms with Crippen LogP contribution in [0, 0.1) is 0 Å². The van der Waals surface area contributed by atoms with Crippen LogP contribution in [0.5, 0.6) is 0 Å². The third-order valence-corrected chi connectivity index (χ3v) is 1.62. The van der Waals surface area contributed by atoms with E-state index in [1.54, 1.807) is 0 Å². The molecule has 0 aromatic carbocycles. The van der Waals surface area contributed by atoms with Crippen LogP contribution < -0.4 is 0 Å². The maximum absolute atomic E-state index is 2.12. The molecule has 0 aliphatic rings. The van der Waals surface area contributed by atoms with Gasteiger partial charge in [0.2, 0.25) is 0 Å². The predicted molar refractivity (Wildman–Crippen MR) is 57.1 cm³/mol. The Balaban J connectivity index is 4.16. The van der Waals surface area contributed by atoms with Crippen LogP contribution in [-0.4, -0.2) is 0 Å². The van der Waals surface area contributed by atoms with Crippen LogP contribution in [0.2, 0.25) is 0 Å². The predicted octanol–water partition coefficient (Wildman–Crippen LogP) is 4.03. The van der Waals surface area contributed by atoms with Gasteiger partial charge in [-0.05, 0) is 27.7 Å². The molecule has 0 aromatic rings. The van der Waals surface area contributed by atoms with E-state index in [1.807, 2.05) is 26.0 Å². The van der Waals surface area contributed by atoms with Crippen molar-refractivity contribution in [3.63, 3.8) is 0 Å². The molecule has 0 heteroatoms. The van der Waals surface area contributed by atoms with Crippen LogP contribution >= 0.6 is 0 Å². The van der Waals surface area contributed by atoms with Gasteiger partial charge in [-0.1, -0.05) is 47.6 Å². The first-order chi connectivity index (χ1) is 5.70. The normalized spacial score (nSPS) is 15.0. The minimum atomic E-state index is 1.27. The van der Waals surface area contributed by atoms with Crippen molar-refractivity contribution in [1.29, 1.82) is 0 Å². The summed E-state index contributed by atoms with van der Waals surface area (Å²) in [4.78, 5) is 0. The zero-order chi connectivity index (χ0) is 9.40. The second-order valence-electron chi connectivity index (χ2n) is 2.80. The van der Waals surface area contributed by atoms with Gasteiger partial charge in [0.05, 0.1) is 0 Å². The Bertz CT molecular complexity index is 224. The van der Waals surface area contributed by atoms with Gasteiger partial charge in [-0.2, -0.15) is 0 Å². The highest BCUT2D eigenvalue weighted by Crippen LogP contribution is 2.00. The Morgan fingerprint density at radius 2 is 1.50 bits per heavy atom. The van der Waals surface area contributed by atoms with E-state index in [1.165, 1.54) is 11.1 Å². The van der Waals surface area contributed by atoms with Crippen molar-refractivity contribution < 1.29 is 0 Å². The molecule has 0 unspecified atom stereocenters.